The van der Waals surface area contributed by atoms with Crippen molar-refractivity contribution >= 4 is 19.4 Å². The van der Waals surface area contributed by atoms with Gasteiger partial charge in [0.15, 0.2) is 0 Å². The fourth-order valence-corrected chi connectivity index (χ4v) is 3.42. The molecule has 0 aliphatic carbocycles. The van der Waals surface area contributed by atoms with Crippen LogP contribution in [0.15, 0.2) is 60.8 Å². The molecule has 0 unspecified atom stereocenters. The van der Waals surface area contributed by atoms with Crippen LogP contribution in [0, 0.1) is 6.92 Å². The molecule has 0 fully saturated rings. The van der Waals surface area contributed by atoms with E-state index in [1.165, 1.54) is 10.0 Å². The van der Waals surface area contributed by atoms with E-state index in [2.05, 4.69) is 53.6 Å². The minimum atomic E-state index is 0.384. The number of hydrogen-bond acceptors (Lipinski definition) is 2. The van der Waals surface area contributed by atoms with Crippen LogP contribution < -0.4 is 4.46 Å². The molecule has 0 spiro atoms. The van der Waals surface area contributed by atoms with Gasteiger partial charge in [0.1, 0.15) is 0 Å². The molecule has 0 amide bonds. The fourth-order valence-electron chi connectivity index (χ4n) is 1.88. The number of aromatic nitrogens is 3. The minimum absolute atomic E-state index is 0.384. The summed E-state index contributed by atoms with van der Waals surface area (Å²) in [5.41, 5.74) is 4.26. The molecule has 100 valence electrons. The number of benzene rings is 2. The van der Waals surface area contributed by atoms with Crippen LogP contribution in [0.5, 0.6) is 0 Å². The Morgan fingerprint density at radius 1 is 1.00 bits per heavy atom. The first kappa shape index (κ1) is 13.1. The normalized spacial score (nSPS) is 10.7. The molecule has 0 N–H and O–H groups in total. The van der Waals surface area contributed by atoms with Gasteiger partial charge in [0.2, 0.25) is 0 Å². The summed E-state index contributed by atoms with van der Waals surface area (Å²) in [6.07, 6.45) is 2.02. The van der Waals surface area contributed by atoms with Gasteiger partial charge in [-0.1, -0.05) is 0 Å². The van der Waals surface area contributed by atoms with Crippen LogP contribution in [-0.4, -0.2) is 30.0 Å². The molecule has 0 radical (unpaired) electrons. The summed E-state index contributed by atoms with van der Waals surface area (Å²) in [6, 6.07) is 18.9. The van der Waals surface area contributed by atoms with E-state index in [0.29, 0.717) is 15.0 Å². The molecular formula is C16H15N3Se. The average Bonchev–Trinajstić information content (AvgIpc) is 2.97. The molecule has 0 saturated carbocycles. The van der Waals surface area contributed by atoms with E-state index in [1.54, 1.807) is 0 Å². The molecule has 2 aromatic carbocycles. The van der Waals surface area contributed by atoms with E-state index in [9.17, 15) is 0 Å². The van der Waals surface area contributed by atoms with Crippen LogP contribution in [0.1, 0.15) is 5.56 Å². The van der Waals surface area contributed by atoms with E-state index in [1.807, 2.05) is 29.1 Å². The van der Waals surface area contributed by atoms with Crippen LogP contribution in [0.3, 0.4) is 0 Å². The fraction of sp³-hybridized carbons (Fsp3) is 0.125. The predicted octanol–water partition coefficient (Wildman–Crippen LogP) is 2.24. The molecule has 0 bridgehead atoms. The maximum absolute atomic E-state index is 4.24. The van der Waals surface area contributed by atoms with Crippen molar-refractivity contribution in [3.63, 3.8) is 0 Å². The Labute approximate surface area is 124 Å². The third-order valence-electron chi connectivity index (χ3n) is 2.99. The molecular weight excluding hydrogens is 313 g/mol. The Balaban J connectivity index is 1.67. The summed E-state index contributed by atoms with van der Waals surface area (Å²) >= 11 is 0.384. The second kappa shape index (κ2) is 6.04. The van der Waals surface area contributed by atoms with Crippen LogP contribution in [0.25, 0.3) is 11.3 Å². The standard InChI is InChI=1S/C16H15N3Se/c1-13-7-9-15(10-8-13)20-12-19-11-16(17-18-19)14-5-3-2-4-6-14/h2-11H,12H2,1H3. The molecule has 3 aromatic rings. The second-order valence-electron chi connectivity index (χ2n) is 4.60. The van der Waals surface area contributed by atoms with Gasteiger partial charge in [0.25, 0.3) is 0 Å². The summed E-state index contributed by atoms with van der Waals surface area (Å²) in [5, 5.41) is 8.44. The molecule has 1 aromatic heterocycles. The number of aryl methyl sites for hydroxylation is 1. The predicted molar refractivity (Wildman–Crippen MR) is 82.0 cm³/mol. The zero-order valence-electron chi connectivity index (χ0n) is 11.2. The maximum atomic E-state index is 4.24. The van der Waals surface area contributed by atoms with Gasteiger partial charge in [0.05, 0.1) is 0 Å². The van der Waals surface area contributed by atoms with Crippen LogP contribution in [0.2, 0.25) is 0 Å². The Morgan fingerprint density at radius 3 is 2.50 bits per heavy atom. The van der Waals surface area contributed by atoms with E-state index in [4.69, 9.17) is 0 Å². The van der Waals surface area contributed by atoms with Crippen molar-refractivity contribution in [1.82, 2.24) is 15.0 Å². The van der Waals surface area contributed by atoms with Gasteiger partial charge in [0, 0.05) is 0 Å². The van der Waals surface area contributed by atoms with Crippen molar-refractivity contribution in [2.75, 3.05) is 0 Å². The first-order chi connectivity index (χ1) is 9.81. The quantitative estimate of drug-likeness (QED) is 0.688. The summed E-state index contributed by atoms with van der Waals surface area (Å²) in [4.78, 5) is 0. The molecule has 0 aliphatic heterocycles. The van der Waals surface area contributed by atoms with Crippen molar-refractivity contribution in [2.45, 2.75) is 12.4 Å². The Kier molecular flexibility index (Phi) is 3.95. The number of rotatable bonds is 4. The molecule has 0 atom stereocenters. The van der Waals surface area contributed by atoms with Gasteiger partial charge in [-0.2, -0.15) is 0 Å². The van der Waals surface area contributed by atoms with Crippen LogP contribution in [0.4, 0.5) is 0 Å². The van der Waals surface area contributed by atoms with Crippen molar-refractivity contribution < 1.29 is 0 Å². The zero-order chi connectivity index (χ0) is 13.8. The van der Waals surface area contributed by atoms with Crippen molar-refractivity contribution in [1.29, 1.82) is 0 Å². The first-order valence-electron chi connectivity index (χ1n) is 6.46. The number of hydrogen-bond donors (Lipinski definition) is 0. The molecule has 4 heteroatoms. The van der Waals surface area contributed by atoms with Gasteiger partial charge >= 0.3 is 124 Å². The molecule has 1 heterocycles. The molecule has 20 heavy (non-hydrogen) atoms. The van der Waals surface area contributed by atoms with E-state index >= 15 is 0 Å². The monoisotopic (exact) mass is 329 g/mol. The van der Waals surface area contributed by atoms with Gasteiger partial charge in [-0.3, -0.25) is 0 Å². The SMILES string of the molecule is Cc1ccc([Se]Cn2cc(-c3ccccc3)nn2)cc1. The van der Waals surface area contributed by atoms with Gasteiger partial charge in [-0.05, 0) is 0 Å². The van der Waals surface area contributed by atoms with E-state index < -0.39 is 0 Å². The van der Waals surface area contributed by atoms with E-state index in [-0.39, 0.29) is 0 Å². The van der Waals surface area contributed by atoms with Crippen LogP contribution >= 0.6 is 0 Å². The van der Waals surface area contributed by atoms with Gasteiger partial charge in [-0.15, -0.1) is 0 Å². The molecule has 0 saturated heterocycles. The summed E-state index contributed by atoms with van der Waals surface area (Å²) in [5.74, 6) is 0. The molecule has 3 nitrogen and oxygen atoms in total. The van der Waals surface area contributed by atoms with Gasteiger partial charge < -0.3 is 0 Å². The Bertz CT molecular complexity index is 674. The van der Waals surface area contributed by atoms with Crippen molar-refractivity contribution in [2.24, 2.45) is 0 Å². The van der Waals surface area contributed by atoms with Crippen molar-refractivity contribution in [3.05, 3.63) is 66.4 Å². The average molecular weight is 328 g/mol. The topological polar surface area (TPSA) is 30.7 Å². The third-order valence-corrected chi connectivity index (χ3v) is 5.09. The second-order valence-corrected chi connectivity index (χ2v) is 6.73. The van der Waals surface area contributed by atoms with E-state index in [0.717, 1.165) is 16.7 Å². The Morgan fingerprint density at radius 2 is 1.75 bits per heavy atom. The first-order valence-corrected chi connectivity index (χ1v) is 8.53. The van der Waals surface area contributed by atoms with Gasteiger partial charge in [-0.25, -0.2) is 0 Å². The van der Waals surface area contributed by atoms with Crippen molar-refractivity contribution in [3.8, 4) is 11.3 Å². The number of nitrogens with zero attached hydrogens (tertiary/aromatic N) is 3. The zero-order valence-corrected chi connectivity index (χ0v) is 12.9. The summed E-state index contributed by atoms with van der Waals surface area (Å²) in [7, 11) is 0. The summed E-state index contributed by atoms with van der Waals surface area (Å²) < 4.78 is 3.32. The van der Waals surface area contributed by atoms with Crippen LogP contribution in [-0.2, 0) is 5.44 Å². The third kappa shape index (κ3) is 3.16. The Hall–Kier alpha value is -1.90. The summed E-state index contributed by atoms with van der Waals surface area (Å²) in [6.45, 7) is 2.11. The molecule has 0 aliphatic rings. The molecule has 3 rings (SSSR count).